The molecule has 0 bridgehead atoms. The summed E-state index contributed by atoms with van der Waals surface area (Å²) in [5.74, 6) is 0.590. The molecule has 0 aromatic heterocycles. The van der Waals surface area contributed by atoms with Crippen molar-refractivity contribution in [3.8, 4) is 5.75 Å². The number of benzene rings is 3. The van der Waals surface area contributed by atoms with Crippen molar-refractivity contribution in [2.75, 3.05) is 7.11 Å². The first kappa shape index (κ1) is 26.0. The quantitative estimate of drug-likeness (QED) is 0.353. The van der Waals surface area contributed by atoms with Crippen molar-refractivity contribution in [3.05, 3.63) is 100 Å². The molecule has 0 unspecified atom stereocenters. The number of rotatable bonds is 10. The maximum Gasteiger partial charge on any atom is 0.243 e. The van der Waals surface area contributed by atoms with Gasteiger partial charge in [-0.3, -0.25) is 9.59 Å². The molecule has 2 amide bonds. The zero-order chi connectivity index (χ0) is 25.3. The van der Waals surface area contributed by atoms with Crippen molar-refractivity contribution in [1.82, 2.24) is 10.2 Å². The molecule has 0 spiro atoms. The molecule has 1 aliphatic carbocycles. The van der Waals surface area contributed by atoms with Gasteiger partial charge >= 0.3 is 0 Å². The number of nitrogens with zero attached hydrogens (tertiary/aromatic N) is 1. The van der Waals surface area contributed by atoms with E-state index in [2.05, 4.69) is 21.2 Å². The van der Waals surface area contributed by atoms with Gasteiger partial charge in [0.05, 0.1) is 13.5 Å². The van der Waals surface area contributed by atoms with Crippen LogP contribution in [-0.4, -0.2) is 35.9 Å². The third-order valence-corrected chi connectivity index (χ3v) is 7.28. The summed E-state index contributed by atoms with van der Waals surface area (Å²) < 4.78 is 6.23. The second-order valence-corrected chi connectivity index (χ2v) is 10.3. The molecule has 1 saturated carbocycles. The van der Waals surface area contributed by atoms with E-state index in [1.165, 1.54) is 0 Å². The van der Waals surface area contributed by atoms with E-state index in [1.54, 1.807) is 12.0 Å². The Morgan fingerprint density at radius 2 is 1.56 bits per heavy atom. The molecule has 188 valence electrons. The molecule has 4 rings (SSSR count). The molecular weight excluding hydrogens is 516 g/mol. The zero-order valence-corrected chi connectivity index (χ0v) is 22.2. The number of hydrogen-bond acceptors (Lipinski definition) is 3. The van der Waals surface area contributed by atoms with Crippen LogP contribution in [0.2, 0.25) is 0 Å². The van der Waals surface area contributed by atoms with Gasteiger partial charge in [-0.05, 0) is 53.8 Å². The predicted molar refractivity (Wildman–Crippen MR) is 146 cm³/mol. The standard InChI is InChI=1S/C30H33BrN2O3/c1-36-27-17-13-23(14-18-27)20-29(34)33(21-24-11-15-25(31)16-12-24)28(19-22-7-3-2-4-8-22)30(35)32-26-9-5-6-10-26/h2-4,7-8,11-18,26,28H,5-6,9-10,19-21H2,1H3,(H,32,35)/t28-/m1/s1. The van der Waals surface area contributed by atoms with E-state index in [0.29, 0.717) is 13.0 Å². The minimum atomic E-state index is -0.609. The van der Waals surface area contributed by atoms with Crippen LogP contribution in [0, 0.1) is 0 Å². The summed E-state index contributed by atoms with van der Waals surface area (Å²) in [5, 5.41) is 3.25. The minimum Gasteiger partial charge on any atom is -0.497 e. The van der Waals surface area contributed by atoms with E-state index < -0.39 is 6.04 Å². The van der Waals surface area contributed by atoms with E-state index in [9.17, 15) is 9.59 Å². The SMILES string of the molecule is COc1ccc(CC(=O)N(Cc2ccc(Br)cc2)[C@H](Cc2ccccc2)C(=O)NC2CCCC2)cc1. The number of carbonyl (C=O) groups is 2. The average molecular weight is 550 g/mol. The first-order chi connectivity index (χ1) is 17.5. The maximum atomic E-state index is 13.8. The molecule has 1 aliphatic rings. The van der Waals surface area contributed by atoms with Crippen LogP contribution in [0.15, 0.2) is 83.3 Å². The normalized spacial score (nSPS) is 14.3. The van der Waals surface area contributed by atoms with Gasteiger partial charge in [0.15, 0.2) is 0 Å². The predicted octanol–water partition coefficient (Wildman–Crippen LogP) is 5.70. The van der Waals surface area contributed by atoms with E-state index in [1.807, 2.05) is 78.9 Å². The Kier molecular flexibility index (Phi) is 9.17. The smallest absolute Gasteiger partial charge is 0.243 e. The molecule has 0 saturated heterocycles. The summed E-state index contributed by atoms with van der Waals surface area (Å²) in [4.78, 5) is 29.3. The molecule has 3 aromatic rings. The molecule has 5 nitrogen and oxygen atoms in total. The van der Waals surface area contributed by atoms with Gasteiger partial charge in [-0.2, -0.15) is 0 Å². The van der Waals surface area contributed by atoms with Crippen LogP contribution in [0.1, 0.15) is 42.4 Å². The molecule has 3 aromatic carbocycles. The first-order valence-corrected chi connectivity index (χ1v) is 13.3. The fourth-order valence-corrected chi connectivity index (χ4v) is 4.99. The summed E-state index contributed by atoms with van der Waals surface area (Å²) in [5.41, 5.74) is 2.89. The number of nitrogens with one attached hydrogen (secondary N) is 1. The lowest BCUT2D eigenvalue weighted by Gasteiger charge is -2.32. The Morgan fingerprint density at radius 3 is 2.19 bits per heavy atom. The van der Waals surface area contributed by atoms with Gasteiger partial charge in [-0.1, -0.05) is 83.4 Å². The third-order valence-electron chi connectivity index (χ3n) is 6.75. The van der Waals surface area contributed by atoms with Gasteiger partial charge in [0.25, 0.3) is 0 Å². The second kappa shape index (κ2) is 12.7. The zero-order valence-electron chi connectivity index (χ0n) is 20.7. The topological polar surface area (TPSA) is 58.6 Å². The van der Waals surface area contributed by atoms with Crippen LogP contribution in [0.3, 0.4) is 0 Å². The lowest BCUT2D eigenvalue weighted by atomic mass is 10.0. The van der Waals surface area contributed by atoms with Crippen LogP contribution in [0.5, 0.6) is 5.75 Å². The van der Waals surface area contributed by atoms with Crippen LogP contribution < -0.4 is 10.1 Å². The van der Waals surface area contributed by atoms with Crippen molar-refractivity contribution in [2.24, 2.45) is 0 Å². The Hall–Kier alpha value is -3.12. The summed E-state index contributed by atoms with van der Waals surface area (Å²) in [6.07, 6.45) is 4.93. The number of hydrogen-bond donors (Lipinski definition) is 1. The fourth-order valence-electron chi connectivity index (χ4n) is 4.73. The molecule has 36 heavy (non-hydrogen) atoms. The Bertz CT molecular complexity index is 1130. The molecule has 6 heteroatoms. The van der Waals surface area contributed by atoms with Gasteiger partial charge in [0.1, 0.15) is 11.8 Å². The maximum absolute atomic E-state index is 13.8. The molecule has 0 heterocycles. The summed E-state index contributed by atoms with van der Waals surface area (Å²) in [6.45, 7) is 0.359. The Morgan fingerprint density at radius 1 is 0.917 bits per heavy atom. The number of carbonyl (C=O) groups excluding carboxylic acids is 2. The monoisotopic (exact) mass is 548 g/mol. The largest absolute Gasteiger partial charge is 0.497 e. The highest BCUT2D eigenvalue weighted by Crippen LogP contribution is 2.22. The van der Waals surface area contributed by atoms with E-state index in [0.717, 1.165) is 52.6 Å². The molecule has 0 aliphatic heterocycles. The first-order valence-electron chi connectivity index (χ1n) is 12.5. The van der Waals surface area contributed by atoms with Gasteiger partial charge in [-0.25, -0.2) is 0 Å². The average Bonchev–Trinajstić information content (AvgIpc) is 3.41. The van der Waals surface area contributed by atoms with Gasteiger partial charge in [0, 0.05) is 23.5 Å². The van der Waals surface area contributed by atoms with Gasteiger partial charge in [0.2, 0.25) is 11.8 Å². The van der Waals surface area contributed by atoms with Crippen LogP contribution in [0.4, 0.5) is 0 Å². The minimum absolute atomic E-state index is 0.0778. The lowest BCUT2D eigenvalue weighted by molar-refractivity contribution is -0.141. The van der Waals surface area contributed by atoms with Crippen LogP contribution >= 0.6 is 15.9 Å². The van der Waals surface area contributed by atoms with Gasteiger partial charge < -0.3 is 15.0 Å². The van der Waals surface area contributed by atoms with Crippen molar-refractivity contribution in [1.29, 1.82) is 0 Å². The van der Waals surface area contributed by atoms with Crippen molar-refractivity contribution in [3.63, 3.8) is 0 Å². The fraction of sp³-hybridized carbons (Fsp3) is 0.333. The summed E-state index contributed by atoms with van der Waals surface area (Å²) in [7, 11) is 1.62. The summed E-state index contributed by atoms with van der Waals surface area (Å²) in [6, 6.07) is 24.9. The Balaban J connectivity index is 1.64. The number of halogens is 1. The van der Waals surface area contributed by atoms with Crippen LogP contribution in [0.25, 0.3) is 0 Å². The Labute approximate surface area is 222 Å². The van der Waals surface area contributed by atoms with Gasteiger partial charge in [-0.15, -0.1) is 0 Å². The second-order valence-electron chi connectivity index (χ2n) is 9.37. The van der Waals surface area contributed by atoms with Crippen molar-refractivity contribution in [2.45, 2.75) is 57.2 Å². The molecule has 1 atom stereocenters. The number of amides is 2. The highest BCUT2D eigenvalue weighted by molar-refractivity contribution is 9.10. The number of ether oxygens (including phenoxy) is 1. The molecular formula is C30H33BrN2O3. The summed E-state index contributed by atoms with van der Waals surface area (Å²) >= 11 is 3.49. The molecule has 0 radical (unpaired) electrons. The molecule has 1 N–H and O–H groups in total. The third kappa shape index (κ3) is 7.20. The van der Waals surface area contributed by atoms with E-state index in [-0.39, 0.29) is 24.3 Å². The highest BCUT2D eigenvalue weighted by Gasteiger charge is 2.32. The van der Waals surface area contributed by atoms with Crippen molar-refractivity contribution >= 4 is 27.7 Å². The number of methoxy groups -OCH3 is 1. The van der Waals surface area contributed by atoms with Crippen molar-refractivity contribution < 1.29 is 14.3 Å². The van der Waals surface area contributed by atoms with Crippen LogP contribution in [-0.2, 0) is 29.0 Å². The van der Waals surface area contributed by atoms with E-state index >= 15 is 0 Å². The van der Waals surface area contributed by atoms with E-state index in [4.69, 9.17) is 4.74 Å². The molecule has 1 fully saturated rings. The highest BCUT2D eigenvalue weighted by atomic mass is 79.9. The lowest BCUT2D eigenvalue weighted by Crippen LogP contribution is -2.52.